The zero-order valence-electron chi connectivity index (χ0n) is 21.2. The van der Waals surface area contributed by atoms with E-state index in [-0.39, 0.29) is 30.2 Å². The number of benzene rings is 2. The van der Waals surface area contributed by atoms with Crippen molar-refractivity contribution in [3.63, 3.8) is 0 Å². The summed E-state index contributed by atoms with van der Waals surface area (Å²) in [6, 6.07) is 15.8. The van der Waals surface area contributed by atoms with Gasteiger partial charge in [0.25, 0.3) is 5.91 Å². The Morgan fingerprint density at radius 2 is 1.81 bits per heavy atom. The number of ether oxygens (including phenoxy) is 2. The van der Waals surface area contributed by atoms with Crippen molar-refractivity contribution < 1.29 is 23.9 Å². The van der Waals surface area contributed by atoms with Crippen molar-refractivity contribution in [1.82, 2.24) is 15.1 Å². The zero-order chi connectivity index (χ0) is 25.7. The highest BCUT2D eigenvalue weighted by Gasteiger charge is 2.54. The van der Waals surface area contributed by atoms with Crippen LogP contribution >= 0.6 is 0 Å². The fourth-order valence-electron chi connectivity index (χ4n) is 4.95. The fraction of sp³-hybridized carbons (Fsp3) is 0.464. The monoisotopic (exact) mass is 493 g/mol. The molecular formula is C28H35N3O5. The van der Waals surface area contributed by atoms with Gasteiger partial charge in [0.1, 0.15) is 17.5 Å². The van der Waals surface area contributed by atoms with Crippen molar-refractivity contribution in [2.75, 3.05) is 26.8 Å². The molecule has 0 bridgehead atoms. The molecule has 0 saturated carbocycles. The summed E-state index contributed by atoms with van der Waals surface area (Å²) in [5, 5.41) is 2.97. The number of carbonyl (C=O) groups excluding carboxylic acids is 3. The Hall–Kier alpha value is -3.39. The van der Waals surface area contributed by atoms with Crippen molar-refractivity contribution in [1.29, 1.82) is 0 Å². The summed E-state index contributed by atoms with van der Waals surface area (Å²) in [7, 11) is 1.55. The van der Waals surface area contributed by atoms with E-state index in [1.807, 2.05) is 49.1 Å². The van der Waals surface area contributed by atoms with Crippen LogP contribution in [0, 0.1) is 5.92 Å². The standard InChI is InChI=1S/C28H35N3O5/c1-20(2)16-25(32)30-14-12-28(13-15-30)31(27(34)22-10-7-11-23(17-22)35-3)24(19-36-28)26(33)29-18-21-8-5-4-6-9-21/h4-11,17,20,24H,12-16,18-19H2,1-3H3,(H,29,33)/t24-/m1/s1. The number of amides is 3. The Kier molecular flexibility index (Phi) is 7.94. The van der Waals surface area contributed by atoms with Gasteiger partial charge in [0.15, 0.2) is 0 Å². The number of rotatable bonds is 7. The van der Waals surface area contributed by atoms with Crippen LogP contribution < -0.4 is 10.1 Å². The van der Waals surface area contributed by atoms with E-state index in [0.717, 1.165) is 5.56 Å². The molecule has 1 spiro atoms. The lowest BCUT2D eigenvalue weighted by atomic mass is 9.96. The minimum Gasteiger partial charge on any atom is -0.497 e. The van der Waals surface area contributed by atoms with Crippen molar-refractivity contribution >= 4 is 17.7 Å². The normalized spacial score (nSPS) is 18.9. The SMILES string of the molecule is COc1cccc(C(=O)N2[C@@H](C(=O)NCc3ccccc3)COC23CCN(C(=O)CC(C)C)CC3)c1. The van der Waals surface area contributed by atoms with Crippen LogP contribution in [0.5, 0.6) is 5.75 Å². The Bertz CT molecular complexity index is 1080. The molecule has 192 valence electrons. The van der Waals surface area contributed by atoms with E-state index in [2.05, 4.69) is 5.32 Å². The Morgan fingerprint density at radius 1 is 1.08 bits per heavy atom. The first-order valence-electron chi connectivity index (χ1n) is 12.5. The van der Waals surface area contributed by atoms with Crippen LogP contribution in [0.2, 0.25) is 0 Å². The topological polar surface area (TPSA) is 88.2 Å². The molecular weight excluding hydrogens is 458 g/mol. The van der Waals surface area contributed by atoms with E-state index in [9.17, 15) is 14.4 Å². The zero-order valence-corrected chi connectivity index (χ0v) is 21.2. The van der Waals surface area contributed by atoms with Crippen LogP contribution in [0.15, 0.2) is 54.6 Å². The minimum absolute atomic E-state index is 0.107. The van der Waals surface area contributed by atoms with E-state index in [1.165, 1.54) is 0 Å². The lowest BCUT2D eigenvalue weighted by Crippen LogP contribution is -2.59. The first-order valence-corrected chi connectivity index (χ1v) is 12.5. The van der Waals surface area contributed by atoms with Gasteiger partial charge in [0, 0.05) is 44.5 Å². The highest BCUT2D eigenvalue weighted by Crippen LogP contribution is 2.39. The number of nitrogens with zero attached hydrogens (tertiary/aromatic N) is 2. The van der Waals surface area contributed by atoms with Gasteiger partial charge in [-0.05, 0) is 29.7 Å². The van der Waals surface area contributed by atoms with Gasteiger partial charge in [0.05, 0.1) is 13.7 Å². The van der Waals surface area contributed by atoms with Crippen molar-refractivity contribution in [2.24, 2.45) is 5.92 Å². The number of methoxy groups -OCH3 is 1. The molecule has 2 aliphatic rings. The minimum atomic E-state index is -0.941. The first kappa shape index (κ1) is 25.7. The number of nitrogens with one attached hydrogen (secondary N) is 1. The second kappa shape index (κ2) is 11.1. The quantitative estimate of drug-likeness (QED) is 0.640. The molecule has 0 unspecified atom stereocenters. The molecule has 0 radical (unpaired) electrons. The summed E-state index contributed by atoms with van der Waals surface area (Å²) >= 11 is 0. The molecule has 4 rings (SSSR count). The van der Waals surface area contributed by atoms with Crippen molar-refractivity contribution in [3.05, 3.63) is 65.7 Å². The Balaban J connectivity index is 1.56. The van der Waals surface area contributed by atoms with Crippen LogP contribution in [-0.4, -0.2) is 66.1 Å². The highest BCUT2D eigenvalue weighted by molar-refractivity contribution is 5.98. The highest BCUT2D eigenvalue weighted by atomic mass is 16.5. The van der Waals surface area contributed by atoms with Gasteiger partial charge in [-0.15, -0.1) is 0 Å². The van der Waals surface area contributed by atoms with E-state index in [0.29, 0.717) is 50.2 Å². The molecule has 2 saturated heterocycles. The van der Waals surface area contributed by atoms with Gasteiger partial charge in [-0.3, -0.25) is 19.3 Å². The predicted molar refractivity (Wildman–Crippen MR) is 135 cm³/mol. The number of hydrogen-bond acceptors (Lipinski definition) is 5. The molecule has 2 aliphatic heterocycles. The fourth-order valence-corrected chi connectivity index (χ4v) is 4.95. The molecule has 2 fully saturated rings. The molecule has 36 heavy (non-hydrogen) atoms. The van der Waals surface area contributed by atoms with Gasteiger partial charge in [-0.2, -0.15) is 0 Å². The Morgan fingerprint density at radius 3 is 2.47 bits per heavy atom. The van der Waals surface area contributed by atoms with Crippen LogP contribution in [0.4, 0.5) is 0 Å². The number of likely N-dealkylation sites (tertiary alicyclic amines) is 1. The summed E-state index contributed by atoms with van der Waals surface area (Å²) in [4.78, 5) is 43.3. The van der Waals surface area contributed by atoms with E-state index < -0.39 is 11.8 Å². The van der Waals surface area contributed by atoms with E-state index in [4.69, 9.17) is 9.47 Å². The van der Waals surface area contributed by atoms with Crippen molar-refractivity contribution in [3.8, 4) is 5.75 Å². The molecule has 2 aromatic rings. The maximum absolute atomic E-state index is 13.9. The summed E-state index contributed by atoms with van der Waals surface area (Å²) in [5.41, 5.74) is 0.462. The van der Waals surface area contributed by atoms with Gasteiger partial charge < -0.3 is 19.7 Å². The third-order valence-electron chi connectivity index (χ3n) is 6.89. The third kappa shape index (κ3) is 5.54. The van der Waals surface area contributed by atoms with Gasteiger partial charge in [-0.1, -0.05) is 50.2 Å². The average molecular weight is 494 g/mol. The predicted octanol–water partition coefficient (Wildman–Crippen LogP) is 3.22. The average Bonchev–Trinajstić information content (AvgIpc) is 3.25. The second-order valence-corrected chi connectivity index (χ2v) is 9.86. The van der Waals surface area contributed by atoms with Crippen molar-refractivity contribution in [2.45, 2.75) is 51.4 Å². The van der Waals surface area contributed by atoms with E-state index in [1.54, 1.807) is 36.3 Å². The van der Waals surface area contributed by atoms with E-state index >= 15 is 0 Å². The van der Waals surface area contributed by atoms with Gasteiger partial charge >= 0.3 is 0 Å². The second-order valence-electron chi connectivity index (χ2n) is 9.86. The summed E-state index contributed by atoms with van der Waals surface area (Å²) in [6.07, 6.45) is 1.40. The smallest absolute Gasteiger partial charge is 0.257 e. The van der Waals surface area contributed by atoms with Crippen LogP contribution in [0.3, 0.4) is 0 Å². The maximum atomic E-state index is 13.9. The van der Waals surface area contributed by atoms with Crippen LogP contribution in [0.25, 0.3) is 0 Å². The van der Waals surface area contributed by atoms with Crippen LogP contribution in [-0.2, 0) is 20.9 Å². The lowest BCUT2D eigenvalue weighted by Gasteiger charge is -2.44. The largest absolute Gasteiger partial charge is 0.497 e. The summed E-state index contributed by atoms with van der Waals surface area (Å²) < 4.78 is 11.6. The molecule has 2 aromatic carbocycles. The molecule has 1 N–H and O–H groups in total. The first-order chi connectivity index (χ1) is 17.3. The summed E-state index contributed by atoms with van der Waals surface area (Å²) in [6.45, 7) is 5.48. The number of piperidine rings is 1. The molecule has 2 heterocycles. The molecule has 3 amide bonds. The number of carbonyl (C=O) groups is 3. The number of hydrogen-bond donors (Lipinski definition) is 1. The van der Waals surface area contributed by atoms with Gasteiger partial charge in [0.2, 0.25) is 11.8 Å². The lowest BCUT2D eigenvalue weighted by molar-refractivity contribution is -0.144. The van der Waals surface area contributed by atoms with Crippen LogP contribution in [0.1, 0.15) is 49.0 Å². The third-order valence-corrected chi connectivity index (χ3v) is 6.89. The molecule has 8 heteroatoms. The molecule has 0 aliphatic carbocycles. The van der Waals surface area contributed by atoms with Gasteiger partial charge in [-0.25, -0.2) is 0 Å². The molecule has 0 aromatic heterocycles. The Labute approximate surface area is 212 Å². The maximum Gasteiger partial charge on any atom is 0.257 e. The summed E-state index contributed by atoms with van der Waals surface area (Å²) in [5.74, 6) is 0.410. The molecule has 1 atom stereocenters. The molecule has 8 nitrogen and oxygen atoms in total.